The van der Waals surface area contributed by atoms with Gasteiger partial charge in [-0.05, 0) is 51.0 Å². The molecule has 3 atom stereocenters. The van der Waals surface area contributed by atoms with Crippen LogP contribution in [0.15, 0.2) is 36.5 Å². The van der Waals surface area contributed by atoms with Gasteiger partial charge in [-0.15, -0.1) is 0 Å². The van der Waals surface area contributed by atoms with Gasteiger partial charge in [-0.2, -0.15) is 0 Å². The summed E-state index contributed by atoms with van der Waals surface area (Å²) in [5.41, 5.74) is 0.598. The molecular weight excluding hydrogens is 310 g/mol. The van der Waals surface area contributed by atoms with Crippen LogP contribution in [0.4, 0.5) is 0 Å². The first-order valence-electron chi connectivity index (χ1n) is 9.55. The number of amides is 1. The SMILES string of the molecule is C[C@@H]1CC[C@H](C)N1[C@@H]1CCCN(C(=O)c2nccc3ccccc23)C1. The number of hydrogen-bond donors (Lipinski definition) is 0. The summed E-state index contributed by atoms with van der Waals surface area (Å²) in [7, 11) is 0. The van der Waals surface area contributed by atoms with Crippen LogP contribution < -0.4 is 0 Å². The van der Waals surface area contributed by atoms with Gasteiger partial charge < -0.3 is 4.90 Å². The van der Waals surface area contributed by atoms with E-state index < -0.39 is 0 Å². The van der Waals surface area contributed by atoms with E-state index in [-0.39, 0.29) is 5.91 Å². The van der Waals surface area contributed by atoms with Crippen molar-refractivity contribution in [2.45, 2.75) is 57.7 Å². The van der Waals surface area contributed by atoms with Crippen molar-refractivity contribution in [3.63, 3.8) is 0 Å². The molecule has 0 aliphatic carbocycles. The van der Waals surface area contributed by atoms with Crippen LogP contribution in [0.1, 0.15) is 50.0 Å². The minimum absolute atomic E-state index is 0.0843. The van der Waals surface area contributed by atoms with Gasteiger partial charge in [0.1, 0.15) is 5.69 Å². The second kappa shape index (κ2) is 6.75. The van der Waals surface area contributed by atoms with Crippen molar-refractivity contribution in [3.05, 3.63) is 42.2 Å². The molecular formula is C21H27N3O. The highest BCUT2D eigenvalue weighted by Gasteiger charge is 2.36. The quantitative estimate of drug-likeness (QED) is 0.838. The van der Waals surface area contributed by atoms with E-state index >= 15 is 0 Å². The van der Waals surface area contributed by atoms with Crippen LogP contribution in [-0.4, -0.2) is 51.9 Å². The van der Waals surface area contributed by atoms with E-state index in [9.17, 15) is 4.79 Å². The number of piperidine rings is 1. The largest absolute Gasteiger partial charge is 0.336 e. The molecule has 0 spiro atoms. The number of nitrogens with zero attached hydrogens (tertiary/aromatic N) is 3. The number of benzene rings is 1. The molecule has 4 nitrogen and oxygen atoms in total. The van der Waals surface area contributed by atoms with Crippen LogP contribution in [-0.2, 0) is 0 Å². The summed E-state index contributed by atoms with van der Waals surface area (Å²) in [6, 6.07) is 11.7. The highest BCUT2D eigenvalue weighted by atomic mass is 16.2. The average Bonchev–Trinajstić information content (AvgIpc) is 2.99. The number of rotatable bonds is 2. The predicted molar refractivity (Wildman–Crippen MR) is 101 cm³/mol. The smallest absolute Gasteiger partial charge is 0.273 e. The Bertz CT molecular complexity index is 759. The van der Waals surface area contributed by atoms with Gasteiger partial charge in [0.05, 0.1) is 0 Å². The fourth-order valence-electron chi connectivity index (χ4n) is 4.76. The van der Waals surface area contributed by atoms with Crippen molar-refractivity contribution in [2.75, 3.05) is 13.1 Å². The highest BCUT2D eigenvalue weighted by Crippen LogP contribution is 2.30. The molecule has 2 saturated heterocycles. The van der Waals surface area contributed by atoms with Crippen LogP contribution in [0.5, 0.6) is 0 Å². The topological polar surface area (TPSA) is 36.4 Å². The molecule has 1 aromatic carbocycles. The second-order valence-electron chi connectivity index (χ2n) is 7.65. The van der Waals surface area contributed by atoms with Gasteiger partial charge >= 0.3 is 0 Å². The van der Waals surface area contributed by atoms with Crippen molar-refractivity contribution in [1.29, 1.82) is 0 Å². The summed E-state index contributed by atoms with van der Waals surface area (Å²) in [6.45, 7) is 6.34. The fraction of sp³-hybridized carbons (Fsp3) is 0.524. The maximum atomic E-state index is 13.2. The number of likely N-dealkylation sites (tertiary alicyclic amines) is 2. The lowest BCUT2D eigenvalue weighted by molar-refractivity contribution is 0.0484. The third kappa shape index (κ3) is 3.04. The molecule has 25 heavy (non-hydrogen) atoms. The Kier molecular flexibility index (Phi) is 4.46. The first-order valence-corrected chi connectivity index (χ1v) is 9.55. The molecule has 3 heterocycles. The maximum Gasteiger partial charge on any atom is 0.273 e. The van der Waals surface area contributed by atoms with E-state index in [1.54, 1.807) is 6.20 Å². The van der Waals surface area contributed by atoms with Crippen molar-refractivity contribution in [2.24, 2.45) is 0 Å². The van der Waals surface area contributed by atoms with Crippen LogP contribution in [0.25, 0.3) is 10.8 Å². The van der Waals surface area contributed by atoms with E-state index in [2.05, 4.69) is 23.7 Å². The lowest BCUT2D eigenvalue weighted by Gasteiger charge is -2.41. The Hall–Kier alpha value is -1.94. The van der Waals surface area contributed by atoms with Crippen LogP contribution in [0.2, 0.25) is 0 Å². The monoisotopic (exact) mass is 337 g/mol. The number of fused-ring (bicyclic) bond motifs is 1. The summed E-state index contributed by atoms with van der Waals surface area (Å²) in [4.78, 5) is 22.3. The predicted octanol–water partition coefficient (Wildman–Crippen LogP) is 3.71. The first kappa shape index (κ1) is 16.5. The molecule has 2 aliphatic heterocycles. The lowest BCUT2D eigenvalue weighted by atomic mass is 10.0. The van der Waals surface area contributed by atoms with E-state index in [0.717, 1.165) is 30.3 Å². The minimum Gasteiger partial charge on any atom is -0.336 e. The third-order valence-electron chi connectivity index (χ3n) is 6.00. The Morgan fingerprint density at radius 2 is 1.84 bits per heavy atom. The normalized spacial score (nSPS) is 27.8. The fourth-order valence-corrected chi connectivity index (χ4v) is 4.76. The number of hydrogen-bond acceptors (Lipinski definition) is 3. The van der Waals surface area contributed by atoms with Crippen molar-refractivity contribution >= 4 is 16.7 Å². The maximum absolute atomic E-state index is 13.2. The van der Waals surface area contributed by atoms with Crippen LogP contribution >= 0.6 is 0 Å². The lowest BCUT2D eigenvalue weighted by Crippen LogP contribution is -2.52. The van der Waals surface area contributed by atoms with Crippen molar-refractivity contribution < 1.29 is 4.79 Å². The summed E-state index contributed by atoms with van der Waals surface area (Å²) >= 11 is 0. The highest BCUT2D eigenvalue weighted by molar-refractivity contribution is 6.05. The molecule has 1 amide bonds. The minimum atomic E-state index is 0.0843. The van der Waals surface area contributed by atoms with Crippen molar-refractivity contribution in [3.8, 4) is 0 Å². The van der Waals surface area contributed by atoms with Gasteiger partial charge in [0.15, 0.2) is 0 Å². The molecule has 0 unspecified atom stereocenters. The molecule has 132 valence electrons. The molecule has 0 saturated carbocycles. The van der Waals surface area contributed by atoms with E-state index in [1.807, 2.05) is 35.2 Å². The van der Waals surface area contributed by atoms with Crippen LogP contribution in [0.3, 0.4) is 0 Å². The Morgan fingerprint density at radius 1 is 1.08 bits per heavy atom. The van der Waals surface area contributed by atoms with Crippen LogP contribution in [0, 0.1) is 0 Å². The number of carbonyl (C=O) groups is 1. The van der Waals surface area contributed by atoms with Gasteiger partial charge in [0.2, 0.25) is 0 Å². The Morgan fingerprint density at radius 3 is 2.64 bits per heavy atom. The molecule has 0 N–H and O–H groups in total. The van der Waals surface area contributed by atoms with E-state index in [1.165, 1.54) is 19.3 Å². The van der Waals surface area contributed by atoms with E-state index in [4.69, 9.17) is 0 Å². The molecule has 1 aromatic heterocycles. The number of pyridine rings is 1. The number of aromatic nitrogens is 1. The first-order chi connectivity index (χ1) is 12.1. The Labute approximate surface area is 149 Å². The Balaban J connectivity index is 1.57. The molecule has 0 radical (unpaired) electrons. The summed E-state index contributed by atoms with van der Waals surface area (Å²) in [5.74, 6) is 0.0843. The van der Waals surface area contributed by atoms with Gasteiger partial charge in [-0.1, -0.05) is 24.3 Å². The summed E-state index contributed by atoms with van der Waals surface area (Å²) in [5, 5.41) is 2.04. The third-order valence-corrected chi connectivity index (χ3v) is 6.00. The standard InChI is InChI=1S/C21H27N3O/c1-15-9-10-16(2)24(15)18-7-5-13-23(14-18)21(25)20-19-8-4-3-6-17(19)11-12-22-20/h3-4,6,8,11-12,15-16,18H,5,7,9-10,13-14H2,1-2H3/t15-,16+,18-/m1/s1. The molecule has 0 bridgehead atoms. The number of carbonyl (C=O) groups excluding carboxylic acids is 1. The second-order valence-corrected chi connectivity index (χ2v) is 7.65. The summed E-state index contributed by atoms with van der Waals surface area (Å²) in [6.07, 6.45) is 6.58. The molecule has 4 rings (SSSR count). The van der Waals surface area contributed by atoms with Gasteiger partial charge in [0, 0.05) is 42.8 Å². The van der Waals surface area contributed by atoms with E-state index in [0.29, 0.717) is 23.8 Å². The van der Waals surface area contributed by atoms with Crippen molar-refractivity contribution in [1.82, 2.24) is 14.8 Å². The average molecular weight is 337 g/mol. The summed E-state index contributed by atoms with van der Waals surface area (Å²) < 4.78 is 0. The zero-order valence-electron chi connectivity index (χ0n) is 15.2. The molecule has 2 aromatic rings. The zero-order valence-corrected chi connectivity index (χ0v) is 15.2. The molecule has 4 heteroatoms. The van der Waals surface area contributed by atoms with Gasteiger partial charge in [-0.25, -0.2) is 0 Å². The van der Waals surface area contributed by atoms with Gasteiger partial charge in [0.25, 0.3) is 5.91 Å². The zero-order chi connectivity index (χ0) is 17.4. The molecule has 2 aliphatic rings. The van der Waals surface area contributed by atoms with Gasteiger partial charge in [-0.3, -0.25) is 14.7 Å². The molecule has 2 fully saturated rings.